The van der Waals surface area contributed by atoms with E-state index in [-0.39, 0.29) is 10.8 Å². The van der Waals surface area contributed by atoms with Crippen LogP contribution in [0.25, 0.3) is 0 Å². The first-order valence-electron chi connectivity index (χ1n) is 4.48. The molecule has 1 aromatic heterocycles. The van der Waals surface area contributed by atoms with Gasteiger partial charge in [-0.25, -0.2) is 4.98 Å². The highest BCUT2D eigenvalue weighted by Crippen LogP contribution is 2.47. The standard InChI is InChI=1S/C10H16N2/c1-9(2)5-10(3,4)8-7(9)11-6-12-8/h6H,5H2,1-4H3,(H,11,12). The molecule has 0 unspecified atom stereocenters. The Balaban J connectivity index is 2.60. The van der Waals surface area contributed by atoms with Crippen LogP contribution in [0, 0.1) is 0 Å². The molecule has 1 aliphatic rings. The molecule has 0 saturated carbocycles. The molecule has 1 N–H and O–H groups in total. The first kappa shape index (κ1) is 7.84. The van der Waals surface area contributed by atoms with Gasteiger partial charge in [0.05, 0.1) is 12.0 Å². The van der Waals surface area contributed by atoms with E-state index in [4.69, 9.17) is 0 Å². The van der Waals surface area contributed by atoms with Gasteiger partial charge in [-0.1, -0.05) is 27.7 Å². The second kappa shape index (κ2) is 1.93. The number of fused-ring (bicyclic) bond motifs is 1. The van der Waals surface area contributed by atoms with Crippen LogP contribution in [0.5, 0.6) is 0 Å². The Labute approximate surface area is 73.4 Å². The first-order valence-corrected chi connectivity index (χ1v) is 4.48. The fraction of sp³-hybridized carbons (Fsp3) is 0.700. The van der Waals surface area contributed by atoms with Crippen molar-refractivity contribution < 1.29 is 0 Å². The Morgan fingerprint density at radius 2 is 1.92 bits per heavy atom. The second-order valence-electron chi connectivity index (χ2n) is 5.07. The highest BCUT2D eigenvalue weighted by Gasteiger charge is 2.44. The van der Waals surface area contributed by atoms with E-state index < -0.39 is 0 Å². The number of nitrogens with one attached hydrogen (secondary N) is 1. The van der Waals surface area contributed by atoms with Crippen LogP contribution in [0.3, 0.4) is 0 Å². The molecule has 12 heavy (non-hydrogen) atoms. The lowest BCUT2D eigenvalue weighted by molar-refractivity contribution is 0.393. The van der Waals surface area contributed by atoms with Crippen LogP contribution < -0.4 is 0 Å². The Hall–Kier alpha value is -0.790. The molecule has 1 aliphatic carbocycles. The van der Waals surface area contributed by atoms with E-state index in [0.717, 1.165) is 0 Å². The zero-order valence-corrected chi connectivity index (χ0v) is 8.23. The average molecular weight is 164 g/mol. The van der Waals surface area contributed by atoms with Crippen molar-refractivity contribution in [3.63, 3.8) is 0 Å². The zero-order chi connectivity index (χ0) is 8.98. The lowest BCUT2D eigenvalue weighted by atomic mass is 9.83. The maximum absolute atomic E-state index is 4.39. The summed E-state index contributed by atoms with van der Waals surface area (Å²) >= 11 is 0. The highest BCUT2D eigenvalue weighted by atomic mass is 14.9. The Kier molecular flexibility index (Phi) is 1.26. The average Bonchev–Trinajstić information content (AvgIpc) is 2.34. The number of imidazole rings is 1. The Morgan fingerprint density at radius 3 is 2.50 bits per heavy atom. The van der Waals surface area contributed by atoms with Crippen molar-refractivity contribution in [1.82, 2.24) is 9.97 Å². The monoisotopic (exact) mass is 164 g/mol. The van der Waals surface area contributed by atoms with Gasteiger partial charge in [-0.15, -0.1) is 0 Å². The van der Waals surface area contributed by atoms with Crippen molar-refractivity contribution in [2.75, 3.05) is 0 Å². The fourth-order valence-electron chi connectivity index (χ4n) is 2.60. The van der Waals surface area contributed by atoms with Crippen molar-refractivity contribution in [2.45, 2.75) is 44.9 Å². The smallest absolute Gasteiger partial charge is 0.0925 e. The predicted octanol–water partition coefficient (Wildman–Crippen LogP) is 2.37. The first-order chi connectivity index (χ1) is 5.43. The van der Waals surface area contributed by atoms with E-state index in [0.29, 0.717) is 0 Å². The topological polar surface area (TPSA) is 28.7 Å². The molecule has 0 radical (unpaired) electrons. The van der Waals surface area contributed by atoms with Crippen LogP contribution in [-0.2, 0) is 10.8 Å². The number of H-pyrrole nitrogens is 1. The van der Waals surface area contributed by atoms with E-state index in [1.54, 1.807) is 0 Å². The lowest BCUT2D eigenvalue weighted by Crippen LogP contribution is -2.19. The van der Waals surface area contributed by atoms with Gasteiger partial charge in [0.2, 0.25) is 0 Å². The van der Waals surface area contributed by atoms with Gasteiger partial charge in [0.1, 0.15) is 0 Å². The largest absolute Gasteiger partial charge is 0.348 e. The summed E-state index contributed by atoms with van der Waals surface area (Å²) in [6.07, 6.45) is 3.00. The third-order valence-electron chi connectivity index (χ3n) is 2.84. The second-order valence-corrected chi connectivity index (χ2v) is 5.07. The number of aromatic amines is 1. The summed E-state index contributed by atoms with van der Waals surface area (Å²) in [5.74, 6) is 0. The van der Waals surface area contributed by atoms with Crippen LogP contribution in [0.15, 0.2) is 6.33 Å². The van der Waals surface area contributed by atoms with Gasteiger partial charge in [-0.3, -0.25) is 0 Å². The minimum atomic E-state index is 0.249. The minimum Gasteiger partial charge on any atom is -0.348 e. The van der Waals surface area contributed by atoms with Crippen LogP contribution in [0.4, 0.5) is 0 Å². The third kappa shape index (κ3) is 0.838. The van der Waals surface area contributed by atoms with E-state index in [9.17, 15) is 0 Å². The lowest BCUT2D eigenvalue weighted by Gasteiger charge is -2.22. The number of aromatic nitrogens is 2. The van der Waals surface area contributed by atoms with Gasteiger partial charge in [-0.2, -0.15) is 0 Å². The fourth-order valence-corrected chi connectivity index (χ4v) is 2.60. The molecule has 0 fully saturated rings. The van der Waals surface area contributed by atoms with Crippen molar-refractivity contribution in [1.29, 1.82) is 0 Å². The molecule has 0 aromatic carbocycles. The third-order valence-corrected chi connectivity index (χ3v) is 2.84. The number of hydrogen-bond donors (Lipinski definition) is 1. The predicted molar refractivity (Wildman–Crippen MR) is 49.3 cm³/mol. The van der Waals surface area contributed by atoms with Crippen molar-refractivity contribution >= 4 is 0 Å². The highest BCUT2D eigenvalue weighted by molar-refractivity contribution is 5.34. The van der Waals surface area contributed by atoms with Crippen molar-refractivity contribution in [3.8, 4) is 0 Å². The van der Waals surface area contributed by atoms with Crippen LogP contribution in [0.1, 0.15) is 45.5 Å². The summed E-state index contributed by atoms with van der Waals surface area (Å²) in [4.78, 5) is 7.64. The van der Waals surface area contributed by atoms with Gasteiger partial charge < -0.3 is 4.98 Å². The summed E-state index contributed by atoms with van der Waals surface area (Å²) < 4.78 is 0. The molecule has 1 aromatic rings. The summed E-state index contributed by atoms with van der Waals surface area (Å²) in [7, 11) is 0. The number of nitrogens with zero attached hydrogens (tertiary/aromatic N) is 1. The molecule has 2 nitrogen and oxygen atoms in total. The van der Waals surface area contributed by atoms with E-state index in [2.05, 4.69) is 37.7 Å². The molecular weight excluding hydrogens is 148 g/mol. The molecule has 2 rings (SSSR count). The SMILES string of the molecule is CC1(C)CC(C)(C)c2[nH]cnc21. The molecule has 1 heterocycles. The Bertz CT molecular complexity index is 279. The maximum Gasteiger partial charge on any atom is 0.0925 e. The van der Waals surface area contributed by atoms with Crippen molar-refractivity contribution in [2.24, 2.45) is 0 Å². The van der Waals surface area contributed by atoms with Gasteiger partial charge >= 0.3 is 0 Å². The maximum atomic E-state index is 4.39. The molecule has 2 heteroatoms. The summed E-state index contributed by atoms with van der Waals surface area (Å²) in [6, 6.07) is 0. The van der Waals surface area contributed by atoms with E-state index >= 15 is 0 Å². The summed E-state index contributed by atoms with van der Waals surface area (Å²) in [5, 5.41) is 0. The van der Waals surface area contributed by atoms with E-state index in [1.807, 2.05) is 6.33 Å². The molecule has 0 aliphatic heterocycles. The van der Waals surface area contributed by atoms with E-state index in [1.165, 1.54) is 17.8 Å². The normalized spacial score (nSPS) is 24.0. The summed E-state index contributed by atoms with van der Waals surface area (Å²) in [5.41, 5.74) is 3.11. The van der Waals surface area contributed by atoms with Crippen LogP contribution >= 0.6 is 0 Å². The number of rotatable bonds is 0. The summed E-state index contributed by atoms with van der Waals surface area (Å²) in [6.45, 7) is 9.08. The zero-order valence-electron chi connectivity index (χ0n) is 8.23. The van der Waals surface area contributed by atoms with Gasteiger partial charge in [0, 0.05) is 16.5 Å². The molecular formula is C10H16N2. The Morgan fingerprint density at radius 1 is 1.25 bits per heavy atom. The quantitative estimate of drug-likeness (QED) is 0.626. The number of hydrogen-bond acceptors (Lipinski definition) is 1. The molecule has 0 saturated heterocycles. The molecule has 0 amide bonds. The molecule has 66 valence electrons. The van der Waals surface area contributed by atoms with Crippen LogP contribution in [-0.4, -0.2) is 9.97 Å². The molecule has 0 atom stereocenters. The molecule has 0 spiro atoms. The molecule has 0 bridgehead atoms. The van der Waals surface area contributed by atoms with Crippen molar-refractivity contribution in [3.05, 3.63) is 17.7 Å². The van der Waals surface area contributed by atoms with Gasteiger partial charge in [0.15, 0.2) is 0 Å². The van der Waals surface area contributed by atoms with Gasteiger partial charge in [-0.05, 0) is 6.42 Å². The minimum absolute atomic E-state index is 0.249. The van der Waals surface area contributed by atoms with Crippen LogP contribution in [0.2, 0.25) is 0 Å². The van der Waals surface area contributed by atoms with Gasteiger partial charge in [0.25, 0.3) is 0 Å².